The lowest BCUT2D eigenvalue weighted by atomic mass is 10.1. The molecule has 3 nitrogen and oxygen atoms in total. The van der Waals surface area contributed by atoms with Crippen molar-refractivity contribution in [3.05, 3.63) is 24.2 Å². The third kappa shape index (κ3) is 3.24. The summed E-state index contributed by atoms with van der Waals surface area (Å²) in [6.07, 6.45) is 2.39. The lowest BCUT2D eigenvalue weighted by molar-refractivity contribution is -0.124. The number of amides is 1. The minimum atomic E-state index is 0.0362. The molecule has 0 fully saturated rings. The Morgan fingerprint density at radius 1 is 1.50 bits per heavy atom. The second kappa shape index (κ2) is 4.84. The molecule has 0 saturated carbocycles. The summed E-state index contributed by atoms with van der Waals surface area (Å²) < 4.78 is 5.19. The minimum Gasteiger partial charge on any atom is -0.469 e. The van der Waals surface area contributed by atoms with Gasteiger partial charge in [-0.15, -0.1) is 0 Å². The van der Waals surface area contributed by atoms with Crippen LogP contribution in [-0.2, 0) is 11.2 Å². The average molecular weight is 195 g/mol. The summed E-state index contributed by atoms with van der Waals surface area (Å²) in [6.45, 7) is 5.74. The monoisotopic (exact) mass is 195 g/mol. The Hall–Kier alpha value is -1.25. The van der Waals surface area contributed by atoms with E-state index in [1.165, 1.54) is 0 Å². The Kier molecular flexibility index (Phi) is 3.74. The maximum atomic E-state index is 11.3. The van der Waals surface area contributed by atoms with Crippen molar-refractivity contribution >= 4 is 5.91 Å². The molecular formula is C11H17NO2. The Labute approximate surface area is 84.5 Å². The largest absolute Gasteiger partial charge is 0.469 e. The number of carbonyl (C=O) groups is 1. The van der Waals surface area contributed by atoms with Crippen molar-refractivity contribution in [1.82, 2.24) is 5.32 Å². The molecule has 1 atom stereocenters. The lowest BCUT2D eigenvalue weighted by Gasteiger charge is -2.14. The molecule has 1 aromatic heterocycles. The topological polar surface area (TPSA) is 42.2 Å². The van der Waals surface area contributed by atoms with Crippen molar-refractivity contribution in [1.29, 1.82) is 0 Å². The summed E-state index contributed by atoms with van der Waals surface area (Å²) in [5, 5.41) is 2.92. The Balaban J connectivity index is 2.36. The van der Waals surface area contributed by atoms with Crippen molar-refractivity contribution < 1.29 is 9.21 Å². The van der Waals surface area contributed by atoms with Crippen LogP contribution in [0.3, 0.4) is 0 Å². The molecule has 1 heterocycles. The van der Waals surface area contributed by atoms with E-state index in [1.54, 1.807) is 6.26 Å². The van der Waals surface area contributed by atoms with Crippen LogP contribution < -0.4 is 5.32 Å². The predicted molar refractivity (Wildman–Crippen MR) is 54.9 cm³/mol. The van der Waals surface area contributed by atoms with E-state index in [1.807, 2.05) is 32.9 Å². The minimum absolute atomic E-state index is 0.0362. The van der Waals surface area contributed by atoms with E-state index in [9.17, 15) is 4.79 Å². The van der Waals surface area contributed by atoms with E-state index >= 15 is 0 Å². The van der Waals surface area contributed by atoms with Gasteiger partial charge in [0.05, 0.1) is 6.26 Å². The number of carbonyl (C=O) groups excluding carboxylic acids is 1. The van der Waals surface area contributed by atoms with Gasteiger partial charge in [0.15, 0.2) is 0 Å². The summed E-state index contributed by atoms with van der Waals surface area (Å²) in [6, 6.07) is 3.89. The van der Waals surface area contributed by atoms with Gasteiger partial charge in [0.1, 0.15) is 5.76 Å². The van der Waals surface area contributed by atoms with Gasteiger partial charge in [-0.3, -0.25) is 4.79 Å². The second-order valence-electron chi connectivity index (χ2n) is 3.85. The molecule has 0 spiro atoms. The molecule has 0 radical (unpaired) electrons. The molecule has 0 aliphatic heterocycles. The predicted octanol–water partition coefficient (Wildman–Crippen LogP) is 1.98. The van der Waals surface area contributed by atoms with Crippen LogP contribution >= 0.6 is 0 Å². The zero-order valence-electron chi connectivity index (χ0n) is 8.91. The van der Waals surface area contributed by atoms with E-state index in [0.717, 1.165) is 12.2 Å². The molecule has 0 aliphatic rings. The maximum absolute atomic E-state index is 11.3. The molecule has 1 N–H and O–H groups in total. The van der Waals surface area contributed by atoms with Gasteiger partial charge in [0.25, 0.3) is 0 Å². The molecule has 0 unspecified atom stereocenters. The zero-order valence-corrected chi connectivity index (χ0v) is 8.91. The molecule has 14 heavy (non-hydrogen) atoms. The summed E-state index contributed by atoms with van der Waals surface area (Å²) in [4.78, 5) is 11.3. The highest BCUT2D eigenvalue weighted by molar-refractivity contribution is 5.78. The van der Waals surface area contributed by atoms with Crippen LogP contribution in [-0.4, -0.2) is 11.9 Å². The SMILES string of the molecule is CC(C)C(=O)N[C@H](C)Cc1ccco1. The van der Waals surface area contributed by atoms with Gasteiger partial charge in [0.2, 0.25) is 5.91 Å². The summed E-state index contributed by atoms with van der Waals surface area (Å²) in [7, 11) is 0. The highest BCUT2D eigenvalue weighted by Gasteiger charge is 2.11. The number of hydrogen-bond donors (Lipinski definition) is 1. The molecule has 0 saturated heterocycles. The Bertz CT molecular complexity index is 277. The smallest absolute Gasteiger partial charge is 0.222 e. The van der Waals surface area contributed by atoms with Crippen molar-refractivity contribution in [3.8, 4) is 0 Å². The van der Waals surface area contributed by atoms with Crippen molar-refractivity contribution in [2.45, 2.75) is 33.2 Å². The molecule has 1 rings (SSSR count). The third-order valence-corrected chi connectivity index (χ3v) is 2.00. The van der Waals surface area contributed by atoms with Crippen molar-refractivity contribution in [3.63, 3.8) is 0 Å². The molecule has 78 valence electrons. The van der Waals surface area contributed by atoms with Gasteiger partial charge >= 0.3 is 0 Å². The van der Waals surface area contributed by atoms with Crippen LogP contribution in [0.5, 0.6) is 0 Å². The number of rotatable bonds is 4. The highest BCUT2D eigenvalue weighted by atomic mass is 16.3. The van der Waals surface area contributed by atoms with Gasteiger partial charge < -0.3 is 9.73 Å². The first kappa shape index (κ1) is 10.8. The second-order valence-corrected chi connectivity index (χ2v) is 3.85. The van der Waals surface area contributed by atoms with E-state index in [-0.39, 0.29) is 17.9 Å². The molecule has 1 amide bonds. The van der Waals surface area contributed by atoms with E-state index < -0.39 is 0 Å². The van der Waals surface area contributed by atoms with Gasteiger partial charge in [-0.1, -0.05) is 13.8 Å². The van der Waals surface area contributed by atoms with Crippen LogP contribution in [0.15, 0.2) is 22.8 Å². The molecular weight excluding hydrogens is 178 g/mol. The number of furan rings is 1. The van der Waals surface area contributed by atoms with Gasteiger partial charge in [-0.2, -0.15) is 0 Å². The van der Waals surface area contributed by atoms with Gasteiger partial charge in [-0.05, 0) is 19.1 Å². The molecule has 0 bridgehead atoms. The lowest BCUT2D eigenvalue weighted by Crippen LogP contribution is -2.36. The summed E-state index contributed by atoms with van der Waals surface area (Å²) >= 11 is 0. The van der Waals surface area contributed by atoms with Crippen molar-refractivity contribution in [2.75, 3.05) is 0 Å². The fourth-order valence-electron chi connectivity index (χ4n) is 1.19. The molecule has 3 heteroatoms. The quantitative estimate of drug-likeness (QED) is 0.798. The summed E-state index contributed by atoms with van der Waals surface area (Å²) in [5.74, 6) is 1.03. The van der Waals surface area contributed by atoms with Crippen LogP contribution in [0, 0.1) is 5.92 Å². The van der Waals surface area contributed by atoms with Crippen LogP contribution in [0.2, 0.25) is 0 Å². The first-order chi connectivity index (χ1) is 6.59. The van der Waals surface area contributed by atoms with Crippen molar-refractivity contribution in [2.24, 2.45) is 5.92 Å². The standard InChI is InChI=1S/C11H17NO2/c1-8(2)11(13)12-9(3)7-10-5-4-6-14-10/h4-6,8-9H,7H2,1-3H3,(H,12,13)/t9-/m1/s1. The maximum Gasteiger partial charge on any atom is 0.222 e. The molecule has 0 aliphatic carbocycles. The Morgan fingerprint density at radius 2 is 2.21 bits per heavy atom. The first-order valence-corrected chi connectivity index (χ1v) is 4.92. The average Bonchev–Trinajstić information content (AvgIpc) is 2.56. The molecule has 0 aromatic carbocycles. The van der Waals surface area contributed by atoms with E-state index in [4.69, 9.17) is 4.42 Å². The fourth-order valence-corrected chi connectivity index (χ4v) is 1.19. The number of nitrogens with one attached hydrogen (secondary N) is 1. The zero-order chi connectivity index (χ0) is 10.6. The van der Waals surface area contributed by atoms with Crippen LogP contribution in [0.25, 0.3) is 0 Å². The first-order valence-electron chi connectivity index (χ1n) is 4.92. The highest BCUT2D eigenvalue weighted by Crippen LogP contribution is 2.04. The molecule has 1 aromatic rings. The normalized spacial score (nSPS) is 12.9. The third-order valence-electron chi connectivity index (χ3n) is 2.00. The fraction of sp³-hybridized carbons (Fsp3) is 0.545. The summed E-state index contributed by atoms with van der Waals surface area (Å²) in [5.41, 5.74) is 0. The van der Waals surface area contributed by atoms with E-state index in [0.29, 0.717) is 0 Å². The van der Waals surface area contributed by atoms with Crippen LogP contribution in [0.1, 0.15) is 26.5 Å². The van der Waals surface area contributed by atoms with Gasteiger partial charge in [-0.25, -0.2) is 0 Å². The number of hydrogen-bond acceptors (Lipinski definition) is 2. The van der Waals surface area contributed by atoms with Gasteiger partial charge in [0, 0.05) is 18.4 Å². The van der Waals surface area contributed by atoms with E-state index in [2.05, 4.69) is 5.32 Å². The van der Waals surface area contributed by atoms with Crippen LogP contribution in [0.4, 0.5) is 0 Å². The Morgan fingerprint density at radius 3 is 2.71 bits per heavy atom.